The highest BCUT2D eigenvalue weighted by Gasteiger charge is 2.19. The molecule has 0 radical (unpaired) electrons. The van der Waals surface area contributed by atoms with Crippen LogP contribution in [0.3, 0.4) is 0 Å². The minimum atomic E-state index is 0.972. The van der Waals surface area contributed by atoms with Crippen LogP contribution in [-0.2, 0) is 6.42 Å². The Balaban J connectivity index is 2.47. The maximum absolute atomic E-state index is 5.65. The second-order valence-electron chi connectivity index (χ2n) is 3.99. The summed E-state index contributed by atoms with van der Waals surface area (Å²) >= 11 is 0. The van der Waals surface area contributed by atoms with Crippen LogP contribution in [0.1, 0.15) is 31.7 Å². The van der Waals surface area contributed by atoms with E-state index in [0.717, 1.165) is 30.0 Å². The first-order valence-electron chi connectivity index (χ1n) is 6.07. The van der Waals surface area contributed by atoms with Crippen molar-refractivity contribution in [1.82, 2.24) is 0 Å². The summed E-state index contributed by atoms with van der Waals surface area (Å²) in [5.41, 5.74) is 2.27. The van der Waals surface area contributed by atoms with Crippen molar-refractivity contribution in [2.45, 2.75) is 26.7 Å². The molecule has 2 heteroatoms. The fourth-order valence-corrected chi connectivity index (χ4v) is 1.90. The van der Waals surface area contributed by atoms with Crippen LogP contribution in [0.15, 0.2) is 47.2 Å². The maximum atomic E-state index is 5.65. The van der Waals surface area contributed by atoms with Gasteiger partial charge in [0, 0.05) is 24.6 Å². The summed E-state index contributed by atoms with van der Waals surface area (Å²) in [4.78, 5) is 0. The Morgan fingerprint density at radius 2 is 2.00 bits per heavy atom. The number of para-hydroxylation sites is 1. The molecular formula is C15H18NO+. The molecule has 2 aromatic rings. The molecule has 0 N–H and O–H groups in total. The summed E-state index contributed by atoms with van der Waals surface area (Å²) in [6, 6.07) is 10.3. The second-order valence-corrected chi connectivity index (χ2v) is 3.99. The molecule has 0 amide bonds. The molecule has 88 valence electrons. The molecule has 0 aliphatic carbocycles. The summed E-state index contributed by atoms with van der Waals surface area (Å²) in [6.07, 6.45) is 7.99. The lowest BCUT2D eigenvalue weighted by Crippen LogP contribution is -2.31. The maximum Gasteiger partial charge on any atom is 0.341 e. The SMILES string of the molecule is CC=Cc1c(CCC)oc[n+]1-c1ccccc1. The van der Waals surface area contributed by atoms with Crippen molar-refractivity contribution in [1.29, 1.82) is 0 Å². The van der Waals surface area contributed by atoms with Crippen molar-refractivity contribution >= 4 is 6.08 Å². The fraction of sp³-hybridized carbons (Fsp3) is 0.267. The second kappa shape index (κ2) is 5.48. The minimum Gasteiger partial charge on any atom is -0.408 e. The number of hydrogen-bond donors (Lipinski definition) is 0. The zero-order valence-electron chi connectivity index (χ0n) is 10.4. The summed E-state index contributed by atoms with van der Waals surface area (Å²) in [6.45, 7) is 4.19. The Morgan fingerprint density at radius 3 is 2.65 bits per heavy atom. The summed E-state index contributed by atoms with van der Waals surface area (Å²) < 4.78 is 7.74. The average Bonchev–Trinajstić information content (AvgIpc) is 2.75. The summed E-state index contributed by atoms with van der Waals surface area (Å²) in [7, 11) is 0. The molecule has 0 fully saturated rings. The Labute approximate surface area is 102 Å². The van der Waals surface area contributed by atoms with E-state index in [4.69, 9.17) is 4.42 Å². The Kier molecular flexibility index (Phi) is 3.76. The molecule has 0 saturated heterocycles. The molecule has 17 heavy (non-hydrogen) atoms. The molecule has 0 unspecified atom stereocenters. The van der Waals surface area contributed by atoms with Gasteiger partial charge in [0.2, 0.25) is 5.69 Å². The van der Waals surface area contributed by atoms with Gasteiger partial charge in [-0.15, -0.1) is 4.57 Å². The van der Waals surface area contributed by atoms with Crippen molar-refractivity contribution in [2.75, 3.05) is 0 Å². The van der Waals surface area contributed by atoms with Crippen LogP contribution >= 0.6 is 0 Å². The van der Waals surface area contributed by atoms with E-state index in [9.17, 15) is 0 Å². The molecule has 1 heterocycles. The average molecular weight is 228 g/mol. The third-order valence-electron chi connectivity index (χ3n) is 2.68. The number of aromatic nitrogens is 1. The lowest BCUT2D eigenvalue weighted by molar-refractivity contribution is -0.601. The molecule has 1 aromatic carbocycles. The van der Waals surface area contributed by atoms with Crippen molar-refractivity contribution in [3.05, 3.63) is 54.3 Å². The van der Waals surface area contributed by atoms with Crippen LogP contribution in [0.25, 0.3) is 11.8 Å². The lowest BCUT2D eigenvalue weighted by Gasteiger charge is -1.94. The number of allylic oxidation sites excluding steroid dienone is 1. The molecule has 2 nitrogen and oxygen atoms in total. The number of nitrogens with zero attached hydrogens (tertiary/aromatic N) is 1. The fourth-order valence-electron chi connectivity index (χ4n) is 1.90. The summed E-state index contributed by atoms with van der Waals surface area (Å²) in [5.74, 6) is 1.05. The molecule has 0 aliphatic rings. The largest absolute Gasteiger partial charge is 0.408 e. The van der Waals surface area contributed by atoms with E-state index in [1.54, 1.807) is 6.39 Å². The van der Waals surface area contributed by atoms with Gasteiger partial charge in [0.05, 0.1) is 0 Å². The minimum absolute atomic E-state index is 0.972. The van der Waals surface area contributed by atoms with Crippen LogP contribution in [0, 0.1) is 0 Å². The highest BCUT2D eigenvalue weighted by molar-refractivity contribution is 5.44. The first-order valence-corrected chi connectivity index (χ1v) is 6.07. The van der Waals surface area contributed by atoms with Crippen LogP contribution in [0.5, 0.6) is 0 Å². The molecular weight excluding hydrogens is 210 g/mol. The van der Waals surface area contributed by atoms with Gasteiger partial charge in [0.1, 0.15) is 0 Å². The molecule has 1 aromatic heterocycles. The third kappa shape index (κ3) is 2.47. The molecule has 0 bridgehead atoms. The van der Waals surface area contributed by atoms with Gasteiger partial charge in [-0.25, -0.2) is 0 Å². The van der Waals surface area contributed by atoms with Gasteiger partial charge in [-0.3, -0.25) is 0 Å². The topological polar surface area (TPSA) is 17.0 Å². The standard InChI is InChI=1S/C15H18NO/c1-3-8-14-15(9-4-2)17-12-16(14)13-10-6-5-7-11-13/h3,5-8,10-12H,4,9H2,1-2H3/q+1. The molecule has 0 atom stereocenters. The number of rotatable bonds is 4. The number of oxazole rings is 1. The van der Waals surface area contributed by atoms with Gasteiger partial charge in [-0.1, -0.05) is 31.2 Å². The number of benzene rings is 1. The lowest BCUT2D eigenvalue weighted by atomic mass is 10.2. The van der Waals surface area contributed by atoms with Crippen molar-refractivity contribution in [2.24, 2.45) is 0 Å². The number of aryl methyl sites for hydroxylation is 1. The Bertz CT molecular complexity index is 497. The van der Waals surface area contributed by atoms with E-state index >= 15 is 0 Å². The van der Waals surface area contributed by atoms with Gasteiger partial charge in [-0.05, 0) is 13.3 Å². The van der Waals surface area contributed by atoms with Gasteiger partial charge in [0.15, 0.2) is 5.76 Å². The first kappa shape index (κ1) is 11.6. The van der Waals surface area contributed by atoms with Crippen LogP contribution in [0.4, 0.5) is 0 Å². The van der Waals surface area contributed by atoms with Crippen molar-refractivity contribution < 1.29 is 8.98 Å². The number of hydrogen-bond acceptors (Lipinski definition) is 1. The zero-order valence-corrected chi connectivity index (χ0v) is 10.4. The van der Waals surface area contributed by atoms with Gasteiger partial charge in [0.25, 0.3) is 5.69 Å². The van der Waals surface area contributed by atoms with Crippen molar-refractivity contribution in [3.63, 3.8) is 0 Å². The molecule has 2 rings (SSSR count). The van der Waals surface area contributed by atoms with E-state index < -0.39 is 0 Å². The molecule has 0 spiro atoms. The third-order valence-corrected chi connectivity index (χ3v) is 2.68. The van der Waals surface area contributed by atoms with Gasteiger partial charge < -0.3 is 4.42 Å². The smallest absolute Gasteiger partial charge is 0.341 e. The Hall–Kier alpha value is -1.83. The molecule has 0 saturated carbocycles. The highest BCUT2D eigenvalue weighted by atomic mass is 16.3. The Morgan fingerprint density at radius 1 is 1.24 bits per heavy atom. The van der Waals surface area contributed by atoms with Crippen LogP contribution in [-0.4, -0.2) is 0 Å². The molecule has 0 aliphatic heterocycles. The van der Waals surface area contributed by atoms with E-state index in [1.807, 2.05) is 31.2 Å². The van der Waals surface area contributed by atoms with E-state index in [2.05, 4.69) is 29.7 Å². The van der Waals surface area contributed by atoms with E-state index in [-0.39, 0.29) is 0 Å². The van der Waals surface area contributed by atoms with Gasteiger partial charge in [-0.2, -0.15) is 0 Å². The summed E-state index contributed by atoms with van der Waals surface area (Å²) in [5, 5.41) is 0. The van der Waals surface area contributed by atoms with E-state index in [1.165, 1.54) is 0 Å². The van der Waals surface area contributed by atoms with Gasteiger partial charge >= 0.3 is 6.39 Å². The quantitative estimate of drug-likeness (QED) is 0.731. The highest BCUT2D eigenvalue weighted by Crippen LogP contribution is 2.12. The zero-order chi connectivity index (χ0) is 12.1. The monoisotopic (exact) mass is 228 g/mol. The van der Waals surface area contributed by atoms with Crippen molar-refractivity contribution in [3.8, 4) is 5.69 Å². The van der Waals surface area contributed by atoms with Crippen LogP contribution in [0.2, 0.25) is 0 Å². The first-order chi connectivity index (χ1) is 8.36. The van der Waals surface area contributed by atoms with Crippen LogP contribution < -0.4 is 4.57 Å². The predicted octanol–water partition coefficient (Wildman–Crippen LogP) is 3.54. The van der Waals surface area contributed by atoms with E-state index in [0.29, 0.717) is 0 Å². The normalized spacial score (nSPS) is 11.2. The predicted molar refractivity (Wildman–Crippen MR) is 68.9 cm³/mol.